The van der Waals surface area contributed by atoms with Crippen LogP contribution in [0.25, 0.3) is 21.8 Å². The van der Waals surface area contributed by atoms with E-state index in [9.17, 15) is 10.2 Å². The molecule has 6 fully saturated rings. The van der Waals surface area contributed by atoms with E-state index in [0.29, 0.717) is 23.7 Å². The summed E-state index contributed by atoms with van der Waals surface area (Å²) in [5.41, 5.74) is 3.69. The number of pyridine rings is 2. The second-order valence-electron chi connectivity index (χ2n) is 14.4. The molecule has 6 saturated heterocycles. The minimum absolute atomic E-state index is 0. The van der Waals surface area contributed by atoms with Crippen molar-refractivity contribution in [3.05, 3.63) is 97.4 Å². The zero-order chi connectivity index (χ0) is 37.9. The molecule has 2 aromatic carbocycles. The molecular weight excluding hydrogens is 729 g/mol. The van der Waals surface area contributed by atoms with Crippen LogP contribution in [0.3, 0.4) is 0 Å². The second kappa shape index (κ2) is 18.7. The van der Waals surface area contributed by atoms with Crippen LogP contribution in [0.1, 0.15) is 49.0 Å². The van der Waals surface area contributed by atoms with E-state index in [1.807, 2.05) is 48.5 Å². The van der Waals surface area contributed by atoms with Gasteiger partial charge < -0.3 is 30.6 Å². The fourth-order valence-electron chi connectivity index (χ4n) is 8.89. The molecule has 0 radical (unpaired) electrons. The quantitative estimate of drug-likeness (QED) is 0.147. The van der Waals surface area contributed by atoms with Gasteiger partial charge in [0.2, 0.25) is 0 Å². The molecule has 2 aromatic heterocycles. The van der Waals surface area contributed by atoms with Gasteiger partial charge in [-0.05, 0) is 122 Å². The molecule has 2 unspecified atom stereocenters. The van der Waals surface area contributed by atoms with Crippen LogP contribution in [0, 0.1) is 23.7 Å². The Morgan fingerprint density at radius 1 is 0.727 bits per heavy atom. The summed E-state index contributed by atoms with van der Waals surface area (Å²) in [4.78, 5) is 13.7. The van der Waals surface area contributed by atoms with Crippen LogP contribution in [0.15, 0.2) is 86.2 Å². The number of aliphatic hydroxyl groups excluding tert-OH is 2. The van der Waals surface area contributed by atoms with Gasteiger partial charge in [-0.2, -0.15) is 8.42 Å². The van der Waals surface area contributed by atoms with Gasteiger partial charge in [-0.3, -0.25) is 28.9 Å². The number of rotatable bonds is 8. The van der Waals surface area contributed by atoms with Crippen molar-refractivity contribution >= 4 is 32.2 Å². The number of ether oxygens (including phenoxy) is 2. The molecule has 6 aliphatic heterocycles. The number of nitrogens with zero attached hydrogens (tertiary/aromatic N) is 4. The van der Waals surface area contributed by atoms with Gasteiger partial charge >= 0.3 is 10.4 Å². The van der Waals surface area contributed by atoms with Crippen molar-refractivity contribution in [2.24, 2.45) is 23.7 Å². The summed E-state index contributed by atoms with van der Waals surface area (Å²) in [6.45, 7) is 12.1. The van der Waals surface area contributed by atoms with Gasteiger partial charge in [-0.15, -0.1) is 13.2 Å². The Bertz CT molecular complexity index is 1900. The maximum absolute atomic E-state index is 11.2. The van der Waals surface area contributed by atoms with Gasteiger partial charge in [-0.1, -0.05) is 12.2 Å². The number of hydrogen-bond acceptors (Lipinski definition) is 10. The minimum Gasteiger partial charge on any atom is -0.497 e. The zero-order valence-electron chi connectivity index (χ0n) is 31.2. The molecular formula is C40H54N4O10S. The van der Waals surface area contributed by atoms with Gasteiger partial charge in [0.15, 0.2) is 0 Å². The fourth-order valence-corrected chi connectivity index (χ4v) is 8.89. The SMILES string of the molecule is C=C[C@@H]1CN2CC[C@H]1C[C@H]2[C@H](O)c1ccnc2ccc(OC)cc12.C=C[C@@H]1CN2CC[C@H]1C[C@H]2[C@H](O)c1ccnc2ccc(OC)cc12.O.O.O=S(=O)(O)O. The largest absolute Gasteiger partial charge is 0.497 e. The predicted molar refractivity (Wildman–Crippen MR) is 211 cm³/mol. The van der Waals surface area contributed by atoms with Crippen molar-refractivity contribution in [3.8, 4) is 11.5 Å². The van der Waals surface area contributed by atoms with Crippen LogP contribution in [0.5, 0.6) is 11.5 Å². The average Bonchev–Trinajstić information content (AvgIpc) is 3.19. The maximum Gasteiger partial charge on any atom is 0.394 e. The van der Waals surface area contributed by atoms with Crippen LogP contribution in [-0.4, -0.2) is 111 Å². The zero-order valence-corrected chi connectivity index (χ0v) is 32.1. The lowest BCUT2D eigenvalue weighted by Gasteiger charge is -2.50. The Labute approximate surface area is 322 Å². The third-order valence-corrected chi connectivity index (χ3v) is 11.6. The van der Waals surface area contributed by atoms with Crippen LogP contribution < -0.4 is 9.47 Å². The Morgan fingerprint density at radius 2 is 1.11 bits per heavy atom. The first-order valence-corrected chi connectivity index (χ1v) is 19.5. The number of hydrogen-bond donors (Lipinski definition) is 4. The van der Waals surface area contributed by atoms with E-state index in [0.717, 1.165) is 83.5 Å². The van der Waals surface area contributed by atoms with E-state index in [-0.39, 0.29) is 23.0 Å². The summed E-state index contributed by atoms with van der Waals surface area (Å²) >= 11 is 0. The van der Waals surface area contributed by atoms with E-state index < -0.39 is 22.6 Å². The summed E-state index contributed by atoms with van der Waals surface area (Å²) in [5.74, 6) is 4.01. The highest BCUT2D eigenvalue weighted by Gasteiger charge is 2.43. The van der Waals surface area contributed by atoms with Gasteiger partial charge in [0.05, 0.1) is 37.5 Å². The maximum atomic E-state index is 11.2. The number of aliphatic hydroxyl groups is 2. The van der Waals surface area contributed by atoms with Crippen LogP contribution >= 0.6 is 0 Å². The molecule has 0 saturated carbocycles. The molecule has 6 aliphatic rings. The van der Waals surface area contributed by atoms with E-state index in [2.05, 4.69) is 45.1 Å². The highest BCUT2D eigenvalue weighted by atomic mass is 32.3. The van der Waals surface area contributed by atoms with Crippen molar-refractivity contribution in [1.29, 1.82) is 0 Å². The summed E-state index contributed by atoms with van der Waals surface area (Å²) in [6, 6.07) is 15.9. The second-order valence-corrected chi connectivity index (χ2v) is 15.3. The molecule has 15 heteroatoms. The predicted octanol–water partition coefficient (Wildman–Crippen LogP) is 4.04. The molecule has 300 valence electrons. The third kappa shape index (κ3) is 9.86. The van der Waals surface area contributed by atoms with Crippen LogP contribution in [0.4, 0.5) is 0 Å². The summed E-state index contributed by atoms with van der Waals surface area (Å²) in [6.07, 6.45) is 11.2. The number of aromatic nitrogens is 2. The first-order valence-electron chi connectivity index (χ1n) is 18.1. The average molecular weight is 783 g/mol. The minimum atomic E-state index is -4.67. The van der Waals surface area contributed by atoms with Crippen molar-refractivity contribution in [2.45, 2.75) is 50.0 Å². The Hall–Kier alpha value is -4.03. The molecule has 10 rings (SSSR count). The topological polar surface area (TPSA) is 229 Å². The lowest BCUT2D eigenvalue weighted by atomic mass is 9.73. The lowest BCUT2D eigenvalue weighted by molar-refractivity contribution is -0.0445. The van der Waals surface area contributed by atoms with Gasteiger partial charge in [-0.25, -0.2) is 0 Å². The summed E-state index contributed by atoms with van der Waals surface area (Å²) in [7, 11) is -1.34. The number of methoxy groups -OCH3 is 2. The van der Waals surface area contributed by atoms with Gasteiger partial charge in [0.25, 0.3) is 0 Å². The molecule has 14 nitrogen and oxygen atoms in total. The molecule has 8 heterocycles. The Kier molecular flexibility index (Phi) is 14.9. The Balaban J connectivity index is 0.000000211. The molecule has 4 aromatic rings. The van der Waals surface area contributed by atoms with E-state index in [1.165, 1.54) is 12.8 Å². The van der Waals surface area contributed by atoms with E-state index >= 15 is 0 Å². The number of benzene rings is 2. The fraction of sp³-hybridized carbons (Fsp3) is 0.450. The van der Waals surface area contributed by atoms with Gasteiger partial charge in [0, 0.05) is 48.3 Å². The molecule has 0 amide bonds. The normalized spacial score (nSPS) is 27.5. The van der Waals surface area contributed by atoms with E-state index in [4.69, 9.17) is 27.0 Å². The molecule has 8 N–H and O–H groups in total. The van der Waals surface area contributed by atoms with E-state index in [1.54, 1.807) is 26.6 Å². The molecule has 55 heavy (non-hydrogen) atoms. The first-order chi connectivity index (χ1) is 25.4. The van der Waals surface area contributed by atoms with Crippen molar-refractivity contribution in [1.82, 2.24) is 19.8 Å². The van der Waals surface area contributed by atoms with Gasteiger partial charge in [0.1, 0.15) is 11.5 Å². The monoisotopic (exact) mass is 782 g/mol. The van der Waals surface area contributed by atoms with Crippen molar-refractivity contribution < 1.29 is 48.2 Å². The molecule has 0 spiro atoms. The first kappa shape index (κ1) is 43.7. The highest BCUT2D eigenvalue weighted by molar-refractivity contribution is 7.79. The van der Waals surface area contributed by atoms with Crippen molar-refractivity contribution in [2.75, 3.05) is 40.4 Å². The molecule has 10 atom stereocenters. The Morgan fingerprint density at radius 3 is 1.42 bits per heavy atom. The number of piperidine rings is 6. The third-order valence-electron chi connectivity index (χ3n) is 11.6. The molecule has 0 aliphatic carbocycles. The summed E-state index contributed by atoms with van der Waals surface area (Å²) < 4.78 is 42.3. The van der Waals surface area contributed by atoms with Crippen molar-refractivity contribution in [3.63, 3.8) is 0 Å². The molecule has 4 bridgehead atoms. The lowest BCUT2D eigenvalue weighted by Crippen LogP contribution is -2.54. The number of fused-ring (bicyclic) bond motifs is 8. The smallest absolute Gasteiger partial charge is 0.394 e. The summed E-state index contributed by atoms with van der Waals surface area (Å²) in [5, 5.41) is 24.3. The van der Waals surface area contributed by atoms with Crippen LogP contribution in [-0.2, 0) is 10.4 Å². The van der Waals surface area contributed by atoms with Crippen LogP contribution in [0.2, 0.25) is 0 Å². The standard InChI is InChI=1S/2C20H24N2O2.H2O4S.2H2O/c2*1-3-13-12-22-9-7-14(13)10-19(22)20(23)16-6-8-21-18-5-4-15(24-2)11-17(16)18;1-5(2,3)4;;/h2*3-6,8,11,13-14,19-20,23H,1,7,9-10,12H2,2H3;(H2,1,2,3,4);2*1H2/t2*13-,14+,19+,20-;;;/m11.../s1. The highest BCUT2D eigenvalue weighted by Crippen LogP contribution is 2.43.